The predicted octanol–water partition coefficient (Wildman–Crippen LogP) is 1.96. The number of amides is 1. The van der Waals surface area contributed by atoms with E-state index in [0.29, 0.717) is 32.4 Å². The number of carboxylic acid groups (broad SMARTS) is 1. The van der Waals surface area contributed by atoms with Crippen molar-refractivity contribution in [2.45, 2.75) is 42.4 Å². The first-order chi connectivity index (χ1) is 11.3. The third-order valence-corrected chi connectivity index (χ3v) is 6.87. The monoisotopic (exact) mass is 354 g/mol. The molecule has 0 aliphatic carbocycles. The lowest BCUT2D eigenvalue weighted by molar-refractivity contribution is -0.101. The van der Waals surface area contributed by atoms with Gasteiger partial charge in [0.05, 0.1) is 10.5 Å². The van der Waals surface area contributed by atoms with Gasteiger partial charge in [-0.2, -0.15) is 4.31 Å². The molecule has 24 heavy (non-hydrogen) atoms. The Kier molecular flexibility index (Phi) is 4.54. The molecule has 7 nitrogen and oxygen atoms in total. The summed E-state index contributed by atoms with van der Waals surface area (Å²) in [6.45, 7) is 0.856. The molecule has 2 saturated heterocycles. The summed E-state index contributed by atoms with van der Waals surface area (Å²) in [6, 6.07) is 8.30. The maximum atomic E-state index is 12.7. The van der Waals surface area contributed by atoms with Crippen LogP contribution in [0.5, 0.6) is 0 Å². The van der Waals surface area contributed by atoms with E-state index in [2.05, 4.69) is 0 Å². The van der Waals surface area contributed by atoms with Crippen LogP contribution in [-0.2, 0) is 14.8 Å². The van der Waals surface area contributed by atoms with Gasteiger partial charge in [-0.3, -0.25) is 0 Å². The molecule has 1 amide bonds. The van der Waals surface area contributed by atoms with Gasteiger partial charge >= 0.3 is 6.09 Å². The second-order valence-corrected chi connectivity index (χ2v) is 8.40. The highest BCUT2D eigenvalue weighted by molar-refractivity contribution is 7.89. The Balaban J connectivity index is 1.69. The number of rotatable bonds is 3. The minimum absolute atomic E-state index is 0.248. The fourth-order valence-electron chi connectivity index (χ4n) is 3.44. The molecule has 1 atom stereocenters. The van der Waals surface area contributed by atoms with Gasteiger partial charge in [0.2, 0.25) is 10.0 Å². The molecular weight excluding hydrogens is 332 g/mol. The number of sulfonamides is 1. The van der Waals surface area contributed by atoms with E-state index in [9.17, 15) is 13.2 Å². The first kappa shape index (κ1) is 17.2. The third kappa shape index (κ3) is 3.13. The molecular formula is C16H22N2O5S. The molecule has 2 heterocycles. The fourth-order valence-corrected chi connectivity index (χ4v) is 4.73. The zero-order valence-electron chi connectivity index (χ0n) is 13.6. The first-order valence-electron chi connectivity index (χ1n) is 8.03. The normalized spacial score (nSPS) is 23.8. The number of benzene rings is 1. The molecule has 0 aromatic heterocycles. The van der Waals surface area contributed by atoms with Crippen molar-refractivity contribution in [2.24, 2.45) is 0 Å². The number of nitrogens with zero attached hydrogens (tertiary/aromatic N) is 2. The van der Waals surface area contributed by atoms with Gasteiger partial charge in [-0.25, -0.2) is 13.2 Å². The zero-order chi connectivity index (χ0) is 17.4. The van der Waals surface area contributed by atoms with Crippen molar-refractivity contribution in [3.05, 3.63) is 30.3 Å². The van der Waals surface area contributed by atoms with Crippen LogP contribution in [0.3, 0.4) is 0 Å². The first-order valence-corrected chi connectivity index (χ1v) is 9.47. The van der Waals surface area contributed by atoms with E-state index in [1.807, 2.05) is 0 Å². The van der Waals surface area contributed by atoms with Crippen LogP contribution in [0.25, 0.3) is 0 Å². The van der Waals surface area contributed by atoms with Gasteiger partial charge in [0.15, 0.2) is 0 Å². The second-order valence-electron chi connectivity index (χ2n) is 6.40. The number of piperidine rings is 1. The van der Waals surface area contributed by atoms with E-state index in [-0.39, 0.29) is 4.90 Å². The van der Waals surface area contributed by atoms with E-state index in [4.69, 9.17) is 9.84 Å². The number of hydrogen-bond donors (Lipinski definition) is 1. The molecule has 132 valence electrons. The standard InChI is InChI=1S/C16H22N2O5S/c1-17(24(21,22)13-5-3-2-4-6-13)14-7-8-16(23-14)9-11-18(12-10-16)15(19)20/h2-6,14H,7-12H2,1H3,(H,19,20). The SMILES string of the molecule is CN(C1CCC2(CCN(C(=O)O)CC2)O1)S(=O)(=O)c1ccccc1. The Bertz CT molecular complexity index is 698. The number of likely N-dealkylation sites (tertiary alicyclic amines) is 1. The molecule has 1 aromatic carbocycles. The molecule has 1 aromatic rings. The lowest BCUT2D eigenvalue weighted by Crippen LogP contribution is -2.47. The fraction of sp³-hybridized carbons (Fsp3) is 0.562. The van der Waals surface area contributed by atoms with Gasteiger partial charge in [-0.05, 0) is 37.8 Å². The third-order valence-electron chi connectivity index (χ3n) is 5.00. The molecule has 0 radical (unpaired) electrons. The molecule has 1 N–H and O–H groups in total. The highest BCUT2D eigenvalue weighted by Crippen LogP contribution is 2.40. The minimum atomic E-state index is -3.60. The predicted molar refractivity (Wildman–Crippen MR) is 87.1 cm³/mol. The Morgan fingerprint density at radius 3 is 2.46 bits per heavy atom. The summed E-state index contributed by atoms with van der Waals surface area (Å²) in [5.41, 5.74) is -0.406. The highest BCUT2D eigenvalue weighted by atomic mass is 32.2. The van der Waals surface area contributed by atoms with Gasteiger partial charge in [0.25, 0.3) is 0 Å². The van der Waals surface area contributed by atoms with Crippen LogP contribution < -0.4 is 0 Å². The van der Waals surface area contributed by atoms with Crippen molar-refractivity contribution in [2.75, 3.05) is 20.1 Å². The van der Waals surface area contributed by atoms with Crippen LogP contribution in [0.1, 0.15) is 25.7 Å². The van der Waals surface area contributed by atoms with Crippen molar-refractivity contribution in [1.29, 1.82) is 0 Å². The summed E-state index contributed by atoms with van der Waals surface area (Å²) in [5, 5.41) is 9.04. The van der Waals surface area contributed by atoms with Crippen LogP contribution in [0.4, 0.5) is 4.79 Å². The van der Waals surface area contributed by atoms with E-state index >= 15 is 0 Å². The van der Waals surface area contributed by atoms with Gasteiger partial charge in [-0.15, -0.1) is 0 Å². The lowest BCUT2D eigenvalue weighted by atomic mass is 9.89. The number of ether oxygens (including phenoxy) is 1. The summed E-state index contributed by atoms with van der Waals surface area (Å²) >= 11 is 0. The van der Waals surface area contributed by atoms with E-state index < -0.39 is 27.9 Å². The minimum Gasteiger partial charge on any atom is -0.465 e. The lowest BCUT2D eigenvalue weighted by Gasteiger charge is -2.38. The molecule has 1 unspecified atom stereocenters. The number of carbonyl (C=O) groups is 1. The summed E-state index contributed by atoms with van der Waals surface area (Å²) in [5.74, 6) is 0. The Labute approximate surface area is 141 Å². The van der Waals surface area contributed by atoms with Crippen LogP contribution in [0, 0.1) is 0 Å². The average molecular weight is 354 g/mol. The van der Waals surface area contributed by atoms with E-state index in [1.165, 1.54) is 9.21 Å². The summed E-state index contributed by atoms with van der Waals surface area (Å²) in [7, 11) is -2.06. The quantitative estimate of drug-likeness (QED) is 0.896. The maximum absolute atomic E-state index is 12.7. The van der Waals surface area contributed by atoms with Gasteiger partial charge in [0, 0.05) is 20.1 Å². The second kappa shape index (κ2) is 6.34. The van der Waals surface area contributed by atoms with Crippen molar-refractivity contribution in [3.8, 4) is 0 Å². The highest BCUT2D eigenvalue weighted by Gasteiger charge is 2.46. The van der Waals surface area contributed by atoms with Crippen molar-refractivity contribution in [3.63, 3.8) is 0 Å². The smallest absolute Gasteiger partial charge is 0.407 e. The van der Waals surface area contributed by atoms with Crippen molar-refractivity contribution >= 4 is 16.1 Å². The molecule has 3 rings (SSSR count). The van der Waals surface area contributed by atoms with Crippen LogP contribution >= 0.6 is 0 Å². The van der Waals surface area contributed by atoms with Gasteiger partial charge in [0.1, 0.15) is 6.23 Å². The molecule has 2 aliphatic rings. The van der Waals surface area contributed by atoms with Gasteiger partial charge in [-0.1, -0.05) is 18.2 Å². The summed E-state index contributed by atoms with van der Waals surface area (Å²) in [6.07, 6.45) is 1.16. The summed E-state index contributed by atoms with van der Waals surface area (Å²) in [4.78, 5) is 12.6. The average Bonchev–Trinajstić information content (AvgIpc) is 2.99. The van der Waals surface area contributed by atoms with Crippen molar-refractivity contribution < 1.29 is 23.1 Å². The zero-order valence-corrected chi connectivity index (χ0v) is 14.4. The molecule has 2 aliphatic heterocycles. The summed E-state index contributed by atoms with van der Waals surface area (Å²) < 4.78 is 32.8. The molecule has 0 saturated carbocycles. The Morgan fingerprint density at radius 1 is 1.25 bits per heavy atom. The van der Waals surface area contributed by atoms with Crippen LogP contribution in [-0.4, -0.2) is 60.8 Å². The molecule has 1 spiro atoms. The van der Waals surface area contributed by atoms with Crippen LogP contribution in [0.2, 0.25) is 0 Å². The topological polar surface area (TPSA) is 87.2 Å². The van der Waals surface area contributed by atoms with E-state index in [0.717, 1.165) is 6.42 Å². The Morgan fingerprint density at radius 2 is 1.88 bits per heavy atom. The van der Waals surface area contributed by atoms with Crippen LogP contribution in [0.15, 0.2) is 35.2 Å². The number of hydrogen-bond acceptors (Lipinski definition) is 4. The molecule has 8 heteroatoms. The van der Waals surface area contributed by atoms with Crippen molar-refractivity contribution in [1.82, 2.24) is 9.21 Å². The van der Waals surface area contributed by atoms with E-state index in [1.54, 1.807) is 37.4 Å². The largest absolute Gasteiger partial charge is 0.465 e. The van der Waals surface area contributed by atoms with Gasteiger partial charge < -0.3 is 14.7 Å². The molecule has 2 fully saturated rings. The Hall–Kier alpha value is -1.64. The molecule has 0 bridgehead atoms. The maximum Gasteiger partial charge on any atom is 0.407 e.